The molecule has 7 heteroatoms. The first-order valence-corrected chi connectivity index (χ1v) is 8.12. The van der Waals surface area contributed by atoms with Crippen LogP contribution in [-0.2, 0) is 0 Å². The van der Waals surface area contributed by atoms with Crippen molar-refractivity contribution in [3.63, 3.8) is 0 Å². The van der Waals surface area contributed by atoms with E-state index in [2.05, 4.69) is 25.8 Å². The van der Waals surface area contributed by atoms with Crippen molar-refractivity contribution in [2.24, 2.45) is 0 Å². The van der Waals surface area contributed by atoms with Gasteiger partial charge in [-0.3, -0.25) is 0 Å². The number of para-hydroxylation sites is 1. The average Bonchev–Trinajstić information content (AvgIpc) is 2.65. The summed E-state index contributed by atoms with van der Waals surface area (Å²) in [5.74, 6) is 2.33. The van der Waals surface area contributed by atoms with Crippen LogP contribution in [0.5, 0.6) is 11.5 Å². The third-order valence-electron chi connectivity index (χ3n) is 3.95. The molecule has 1 heterocycles. The lowest BCUT2D eigenvalue weighted by atomic mass is 10.1. The Morgan fingerprint density at radius 3 is 2.38 bits per heavy atom. The highest BCUT2D eigenvalue weighted by molar-refractivity contribution is 5.67. The van der Waals surface area contributed by atoms with Gasteiger partial charge in [0.25, 0.3) is 0 Å². The lowest BCUT2D eigenvalue weighted by molar-refractivity contribution is 0.395. The quantitative estimate of drug-likeness (QED) is 0.695. The molecule has 3 aromatic rings. The van der Waals surface area contributed by atoms with E-state index in [1.807, 2.05) is 44.2 Å². The van der Waals surface area contributed by atoms with Crippen molar-refractivity contribution < 1.29 is 9.47 Å². The Labute approximate surface area is 152 Å². The highest BCUT2D eigenvalue weighted by atomic mass is 16.5. The number of ether oxygens (including phenoxy) is 2. The third kappa shape index (κ3) is 3.83. The molecule has 7 nitrogen and oxygen atoms in total. The zero-order chi connectivity index (χ0) is 18.5. The molecule has 2 N–H and O–H groups in total. The molecule has 0 saturated heterocycles. The average molecular weight is 351 g/mol. The smallest absolute Gasteiger partial charge is 0.249 e. The normalized spacial score (nSPS) is 10.3. The molecule has 1 aromatic heterocycles. The Hall–Kier alpha value is -3.35. The molecule has 0 fully saturated rings. The van der Waals surface area contributed by atoms with Gasteiger partial charge in [-0.15, -0.1) is 5.10 Å². The second kappa shape index (κ2) is 7.69. The van der Waals surface area contributed by atoms with E-state index in [4.69, 9.17) is 9.47 Å². The lowest BCUT2D eigenvalue weighted by Gasteiger charge is -2.13. The minimum Gasteiger partial charge on any atom is -0.497 e. The summed E-state index contributed by atoms with van der Waals surface area (Å²) >= 11 is 0. The van der Waals surface area contributed by atoms with Gasteiger partial charge in [-0.05, 0) is 37.1 Å². The van der Waals surface area contributed by atoms with Gasteiger partial charge in [0.15, 0.2) is 5.82 Å². The SMILES string of the molecule is COc1ccc(Nc2cnnc(Nc3c(C)cccc3C)n2)c(OC)c1. The first-order chi connectivity index (χ1) is 12.6. The molecule has 0 spiro atoms. The van der Waals surface area contributed by atoms with Crippen molar-refractivity contribution in [3.8, 4) is 11.5 Å². The summed E-state index contributed by atoms with van der Waals surface area (Å²) in [4.78, 5) is 4.48. The molecule has 0 amide bonds. The molecule has 0 aliphatic heterocycles. The summed E-state index contributed by atoms with van der Waals surface area (Å²) in [7, 11) is 3.22. The number of nitrogens with zero attached hydrogens (tertiary/aromatic N) is 3. The number of rotatable bonds is 6. The molecule has 0 bridgehead atoms. The van der Waals surface area contributed by atoms with Gasteiger partial charge >= 0.3 is 0 Å². The minimum absolute atomic E-state index is 0.417. The highest BCUT2D eigenvalue weighted by Gasteiger charge is 2.09. The molecule has 2 aromatic carbocycles. The largest absolute Gasteiger partial charge is 0.497 e. The van der Waals surface area contributed by atoms with Crippen LogP contribution in [0, 0.1) is 13.8 Å². The molecule has 0 unspecified atom stereocenters. The van der Waals surface area contributed by atoms with Crippen LogP contribution < -0.4 is 20.1 Å². The van der Waals surface area contributed by atoms with Crippen molar-refractivity contribution in [1.82, 2.24) is 15.2 Å². The van der Waals surface area contributed by atoms with E-state index in [-0.39, 0.29) is 0 Å². The first-order valence-electron chi connectivity index (χ1n) is 8.12. The predicted octanol–water partition coefficient (Wildman–Crippen LogP) is 3.99. The van der Waals surface area contributed by atoms with Crippen molar-refractivity contribution in [1.29, 1.82) is 0 Å². The van der Waals surface area contributed by atoms with Crippen LogP contribution in [0.3, 0.4) is 0 Å². The van der Waals surface area contributed by atoms with Gasteiger partial charge in [0.05, 0.1) is 26.1 Å². The summed E-state index contributed by atoms with van der Waals surface area (Å²) in [5.41, 5.74) is 3.97. The maximum Gasteiger partial charge on any atom is 0.249 e. The molecular weight excluding hydrogens is 330 g/mol. The van der Waals surface area contributed by atoms with Gasteiger partial charge < -0.3 is 20.1 Å². The summed E-state index contributed by atoms with van der Waals surface area (Å²) in [6, 6.07) is 11.6. The maximum atomic E-state index is 5.40. The maximum absolute atomic E-state index is 5.40. The molecule has 0 aliphatic rings. The minimum atomic E-state index is 0.417. The predicted molar refractivity (Wildman–Crippen MR) is 102 cm³/mol. The Morgan fingerprint density at radius 2 is 1.69 bits per heavy atom. The van der Waals surface area contributed by atoms with Crippen molar-refractivity contribution in [2.45, 2.75) is 13.8 Å². The van der Waals surface area contributed by atoms with Crippen molar-refractivity contribution in [3.05, 3.63) is 53.7 Å². The molecule has 26 heavy (non-hydrogen) atoms. The Balaban J connectivity index is 1.84. The second-order valence-corrected chi connectivity index (χ2v) is 5.75. The zero-order valence-electron chi connectivity index (χ0n) is 15.2. The highest BCUT2D eigenvalue weighted by Crippen LogP contribution is 2.31. The fourth-order valence-corrected chi connectivity index (χ4v) is 2.58. The van der Waals surface area contributed by atoms with Gasteiger partial charge in [-0.2, -0.15) is 10.1 Å². The second-order valence-electron chi connectivity index (χ2n) is 5.75. The number of anilines is 4. The van der Waals surface area contributed by atoms with E-state index in [9.17, 15) is 0 Å². The van der Waals surface area contributed by atoms with Gasteiger partial charge in [0.2, 0.25) is 5.95 Å². The Kier molecular flexibility index (Phi) is 5.17. The van der Waals surface area contributed by atoms with E-state index in [0.717, 1.165) is 22.5 Å². The lowest BCUT2D eigenvalue weighted by Crippen LogP contribution is -2.04. The third-order valence-corrected chi connectivity index (χ3v) is 3.95. The number of aromatic nitrogens is 3. The molecular formula is C19H21N5O2. The van der Waals surface area contributed by atoms with Crippen LogP contribution >= 0.6 is 0 Å². The van der Waals surface area contributed by atoms with Crippen LogP contribution in [0.4, 0.5) is 23.1 Å². The first kappa shape index (κ1) is 17.5. The summed E-state index contributed by atoms with van der Waals surface area (Å²) < 4.78 is 10.6. The van der Waals surface area contributed by atoms with Crippen LogP contribution in [0.2, 0.25) is 0 Å². The number of aryl methyl sites for hydroxylation is 2. The van der Waals surface area contributed by atoms with Crippen LogP contribution in [0.25, 0.3) is 0 Å². The summed E-state index contributed by atoms with van der Waals surface area (Å²) in [6.07, 6.45) is 1.56. The number of hydrogen-bond acceptors (Lipinski definition) is 7. The fourth-order valence-electron chi connectivity index (χ4n) is 2.58. The molecule has 134 valence electrons. The van der Waals surface area contributed by atoms with E-state index < -0.39 is 0 Å². The van der Waals surface area contributed by atoms with E-state index in [1.54, 1.807) is 26.5 Å². The van der Waals surface area contributed by atoms with Crippen LogP contribution in [0.15, 0.2) is 42.6 Å². The molecule has 0 saturated carbocycles. The number of methoxy groups -OCH3 is 2. The number of hydrogen-bond donors (Lipinski definition) is 2. The molecule has 0 radical (unpaired) electrons. The van der Waals surface area contributed by atoms with Gasteiger partial charge in [-0.1, -0.05) is 18.2 Å². The van der Waals surface area contributed by atoms with Crippen molar-refractivity contribution >= 4 is 23.1 Å². The van der Waals surface area contributed by atoms with E-state index >= 15 is 0 Å². The monoisotopic (exact) mass is 351 g/mol. The number of benzene rings is 2. The summed E-state index contributed by atoms with van der Waals surface area (Å²) in [5, 5.41) is 14.5. The van der Waals surface area contributed by atoms with Gasteiger partial charge in [-0.25, -0.2) is 0 Å². The van der Waals surface area contributed by atoms with E-state index in [0.29, 0.717) is 23.3 Å². The summed E-state index contributed by atoms with van der Waals surface area (Å²) in [6.45, 7) is 4.07. The standard InChI is InChI=1S/C19H21N5O2/c1-12-6-5-7-13(2)18(12)23-19-22-17(11-20-24-19)21-15-9-8-14(25-3)10-16(15)26-4/h5-11H,1-4H3,(H2,21,22,23,24). The van der Waals surface area contributed by atoms with Gasteiger partial charge in [0.1, 0.15) is 11.5 Å². The van der Waals surface area contributed by atoms with Crippen LogP contribution in [0.1, 0.15) is 11.1 Å². The topological polar surface area (TPSA) is 81.2 Å². The van der Waals surface area contributed by atoms with E-state index in [1.165, 1.54) is 0 Å². The van der Waals surface area contributed by atoms with Gasteiger partial charge in [0, 0.05) is 11.8 Å². The molecule has 0 atom stereocenters. The van der Waals surface area contributed by atoms with Crippen LogP contribution in [-0.4, -0.2) is 29.4 Å². The molecule has 3 rings (SSSR count). The fraction of sp³-hybridized carbons (Fsp3) is 0.211. The zero-order valence-corrected chi connectivity index (χ0v) is 15.2. The molecule has 0 aliphatic carbocycles. The number of nitrogens with one attached hydrogen (secondary N) is 2. The van der Waals surface area contributed by atoms with Crippen molar-refractivity contribution in [2.75, 3.05) is 24.9 Å². The Bertz CT molecular complexity index is 894. The Morgan fingerprint density at radius 1 is 0.923 bits per heavy atom.